The number of nitrogens with two attached hydrogens (primary N) is 1. The highest BCUT2D eigenvalue weighted by atomic mass is 16.5. The first kappa shape index (κ1) is 12.4. The standard InChI is InChI=1S/C14H16N2O2/c1-17-12-5-2-4-11(8-12)14(15)10-18-13-6-3-7-16-9-13/h2-9,14H,10,15H2,1H3. The number of benzene rings is 1. The monoisotopic (exact) mass is 244 g/mol. The topological polar surface area (TPSA) is 57.4 Å². The second-order valence-electron chi connectivity index (χ2n) is 3.88. The number of pyridine rings is 1. The Morgan fingerprint density at radius 2 is 2.06 bits per heavy atom. The van der Waals surface area contributed by atoms with Crippen molar-refractivity contribution in [3.63, 3.8) is 0 Å². The molecule has 1 unspecified atom stereocenters. The van der Waals surface area contributed by atoms with Crippen molar-refractivity contribution in [1.82, 2.24) is 4.98 Å². The molecule has 0 fully saturated rings. The Morgan fingerprint density at radius 1 is 1.22 bits per heavy atom. The van der Waals surface area contributed by atoms with Crippen molar-refractivity contribution in [2.24, 2.45) is 5.73 Å². The van der Waals surface area contributed by atoms with Crippen molar-refractivity contribution in [1.29, 1.82) is 0 Å². The Bertz CT molecular complexity index is 488. The maximum Gasteiger partial charge on any atom is 0.137 e. The molecule has 0 bridgehead atoms. The van der Waals surface area contributed by atoms with Crippen LogP contribution in [0.4, 0.5) is 0 Å². The van der Waals surface area contributed by atoms with E-state index in [2.05, 4.69) is 4.98 Å². The van der Waals surface area contributed by atoms with E-state index in [0.717, 1.165) is 17.1 Å². The summed E-state index contributed by atoms with van der Waals surface area (Å²) in [4.78, 5) is 3.98. The summed E-state index contributed by atoms with van der Waals surface area (Å²) in [5.41, 5.74) is 7.05. The van der Waals surface area contributed by atoms with E-state index in [1.54, 1.807) is 19.5 Å². The van der Waals surface area contributed by atoms with E-state index in [-0.39, 0.29) is 6.04 Å². The minimum Gasteiger partial charge on any atom is -0.497 e. The Labute approximate surface area is 106 Å². The van der Waals surface area contributed by atoms with Gasteiger partial charge in [-0.1, -0.05) is 12.1 Å². The third-order valence-electron chi connectivity index (χ3n) is 2.59. The molecule has 0 aliphatic heterocycles. The van der Waals surface area contributed by atoms with Crippen LogP contribution >= 0.6 is 0 Å². The molecule has 2 rings (SSSR count). The average molecular weight is 244 g/mol. The highest BCUT2D eigenvalue weighted by Gasteiger charge is 2.07. The molecule has 2 aromatic rings. The third kappa shape index (κ3) is 3.21. The number of hydrogen-bond donors (Lipinski definition) is 1. The number of aromatic nitrogens is 1. The number of rotatable bonds is 5. The van der Waals surface area contributed by atoms with Crippen LogP contribution in [0.25, 0.3) is 0 Å². The van der Waals surface area contributed by atoms with Gasteiger partial charge >= 0.3 is 0 Å². The van der Waals surface area contributed by atoms with Gasteiger partial charge in [0.1, 0.15) is 18.1 Å². The summed E-state index contributed by atoms with van der Waals surface area (Å²) < 4.78 is 10.7. The van der Waals surface area contributed by atoms with Crippen LogP contribution in [0.3, 0.4) is 0 Å². The van der Waals surface area contributed by atoms with E-state index < -0.39 is 0 Å². The average Bonchev–Trinajstić information content (AvgIpc) is 2.46. The predicted octanol–water partition coefficient (Wildman–Crippen LogP) is 2.17. The molecular weight excluding hydrogens is 228 g/mol. The molecule has 1 heterocycles. The molecule has 0 aliphatic rings. The van der Waals surface area contributed by atoms with E-state index >= 15 is 0 Å². The number of methoxy groups -OCH3 is 1. The van der Waals surface area contributed by atoms with Gasteiger partial charge in [-0.25, -0.2) is 0 Å². The molecule has 1 aromatic heterocycles. The van der Waals surface area contributed by atoms with Crippen molar-refractivity contribution < 1.29 is 9.47 Å². The molecule has 2 N–H and O–H groups in total. The van der Waals surface area contributed by atoms with Crippen LogP contribution in [0.5, 0.6) is 11.5 Å². The van der Waals surface area contributed by atoms with Gasteiger partial charge in [-0.3, -0.25) is 4.98 Å². The minimum absolute atomic E-state index is 0.194. The van der Waals surface area contributed by atoms with Crippen LogP contribution in [0.1, 0.15) is 11.6 Å². The van der Waals surface area contributed by atoms with Crippen LogP contribution in [-0.4, -0.2) is 18.7 Å². The summed E-state index contributed by atoms with van der Waals surface area (Å²) in [6, 6.07) is 11.2. The Kier molecular flexibility index (Phi) is 4.15. The summed E-state index contributed by atoms with van der Waals surface area (Å²) in [5, 5.41) is 0. The van der Waals surface area contributed by atoms with Gasteiger partial charge in [-0.05, 0) is 29.8 Å². The third-order valence-corrected chi connectivity index (χ3v) is 2.59. The van der Waals surface area contributed by atoms with E-state index in [4.69, 9.17) is 15.2 Å². The van der Waals surface area contributed by atoms with E-state index in [1.807, 2.05) is 36.4 Å². The van der Waals surface area contributed by atoms with Gasteiger partial charge in [0.15, 0.2) is 0 Å². The second-order valence-corrected chi connectivity index (χ2v) is 3.88. The first-order chi connectivity index (χ1) is 8.79. The van der Waals surface area contributed by atoms with E-state index in [1.165, 1.54) is 0 Å². The fraction of sp³-hybridized carbons (Fsp3) is 0.214. The fourth-order valence-electron chi connectivity index (χ4n) is 1.59. The maximum atomic E-state index is 6.07. The molecular formula is C14H16N2O2. The summed E-state index contributed by atoms with van der Waals surface area (Å²) >= 11 is 0. The van der Waals surface area contributed by atoms with Gasteiger partial charge in [0, 0.05) is 6.20 Å². The zero-order valence-electron chi connectivity index (χ0n) is 10.2. The molecule has 0 radical (unpaired) electrons. The van der Waals surface area contributed by atoms with Crippen molar-refractivity contribution >= 4 is 0 Å². The maximum absolute atomic E-state index is 6.07. The number of nitrogens with zero attached hydrogens (tertiary/aromatic N) is 1. The van der Waals surface area contributed by atoms with Crippen molar-refractivity contribution in [3.05, 3.63) is 54.4 Å². The molecule has 0 aliphatic carbocycles. The zero-order valence-corrected chi connectivity index (χ0v) is 10.2. The molecule has 4 nitrogen and oxygen atoms in total. The van der Waals surface area contributed by atoms with Crippen molar-refractivity contribution in [3.8, 4) is 11.5 Å². The highest BCUT2D eigenvalue weighted by molar-refractivity contribution is 5.30. The predicted molar refractivity (Wildman–Crippen MR) is 69.7 cm³/mol. The molecule has 0 spiro atoms. The summed E-state index contributed by atoms with van der Waals surface area (Å²) in [6.07, 6.45) is 3.37. The number of hydrogen-bond acceptors (Lipinski definition) is 4. The van der Waals surface area contributed by atoms with E-state index in [0.29, 0.717) is 6.61 Å². The molecule has 4 heteroatoms. The molecule has 94 valence electrons. The summed E-state index contributed by atoms with van der Waals surface area (Å²) in [7, 11) is 1.64. The van der Waals surface area contributed by atoms with Crippen LogP contribution in [-0.2, 0) is 0 Å². The van der Waals surface area contributed by atoms with Crippen LogP contribution < -0.4 is 15.2 Å². The largest absolute Gasteiger partial charge is 0.497 e. The number of ether oxygens (including phenoxy) is 2. The van der Waals surface area contributed by atoms with Crippen molar-refractivity contribution in [2.45, 2.75) is 6.04 Å². The zero-order chi connectivity index (χ0) is 12.8. The minimum atomic E-state index is -0.194. The van der Waals surface area contributed by atoms with Crippen LogP contribution in [0, 0.1) is 0 Å². The second kappa shape index (κ2) is 6.02. The lowest BCUT2D eigenvalue weighted by Gasteiger charge is -2.14. The van der Waals surface area contributed by atoms with Gasteiger partial charge < -0.3 is 15.2 Å². The van der Waals surface area contributed by atoms with Gasteiger partial charge in [0.2, 0.25) is 0 Å². The van der Waals surface area contributed by atoms with Gasteiger partial charge in [-0.15, -0.1) is 0 Å². The first-order valence-electron chi connectivity index (χ1n) is 5.72. The lowest BCUT2D eigenvalue weighted by Crippen LogP contribution is -2.19. The Balaban J connectivity index is 1.97. The Hall–Kier alpha value is -2.07. The van der Waals surface area contributed by atoms with Crippen LogP contribution in [0.15, 0.2) is 48.8 Å². The normalized spacial score (nSPS) is 11.9. The van der Waals surface area contributed by atoms with Crippen LogP contribution in [0.2, 0.25) is 0 Å². The molecule has 1 aromatic carbocycles. The molecule has 0 saturated heterocycles. The SMILES string of the molecule is COc1cccc(C(N)COc2cccnc2)c1. The molecule has 0 amide bonds. The van der Waals surface area contributed by atoms with Gasteiger partial charge in [0.05, 0.1) is 19.3 Å². The molecule has 1 atom stereocenters. The van der Waals surface area contributed by atoms with Crippen molar-refractivity contribution in [2.75, 3.05) is 13.7 Å². The quantitative estimate of drug-likeness (QED) is 0.875. The summed E-state index contributed by atoms with van der Waals surface area (Å²) in [6.45, 7) is 0.402. The highest BCUT2D eigenvalue weighted by Crippen LogP contribution is 2.18. The van der Waals surface area contributed by atoms with E-state index in [9.17, 15) is 0 Å². The fourth-order valence-corrected chi connectivity index (χ4v) is 1.59. The molecule has 0 saturated carbocycles. The smallest absolute Gasteiger partial charge is 0.137 e. The lowest BCUT2D eigenvalue weighted by atomic mass is 10.1. The first-order valence-corrected chi connectivity index (χ1v) is 5.72. The summed E-state index contributed by atoms with van der Waals surface area (Å²) in [5.74, 6) is 1.51. The van der Waals surface area contributed by atoms with Gasteiger partial charge in [0.25, 0.3) is 0 Å². The molecule has 18 heavy (non-hydrogen) atoms. The lowest BCUT2D eigenvalue weighted by molar-refractivity contribution is 0.289. The van der Waals surface area contributed by atoms with Gasteiger partial charge in [-0.2, -0.15) is 0 Å². The Morgan fingerprint density at radius 3 is 2.78 bits per heavy atom.